The molecule has 21 heavy (non-hydrogen) atoms. The average Bonchev–Trinajstić information content (AvgIpc) is 2.52. The Labute approximate surface area is 126 Å². The second-order valence-corrected chi connectivity index (χ2v) is 4.81. The van der Waals surface area contributed by atoms with Crippen molar-refractivity contribution in [2.24, 2.45) is 0 Å². The SMILES string of the molecule is O=c1c(Cl)c(NCC(O)c2ccccc2)cnn1CCO. The van der Waals surface area contributed by atoms with Gasteiger partial charge in [0.05, 0.1) is 31.1 Å². The molecule has 2 aromatic rings. The molecule has 1 aromatic carbocycles. The van der Waals surface area contributed by atoms with Gasteiger partial charge in [-0.2, -0.15) is 5.10 Å². The number of anilines is 1. The van der Waals surface area contributed by atoms with Crippen LogP contribution in [0.25, 0.3) is 0 Å². The number of nitrogens with zero attached hydrogens (tertiary/aromatic N) is 2. The highest BCUT2D eigenvalue weighted by molar-refractivity contribution is 6.32. The van der Waals surface area contributed by atoms with Gasteiger partial charge >= 0.3 is 0 Å². The van der Waals surface area contributed by atoms with Crippen LogP contribution >= 0.6 is 11.6 Å². The number of aliphatic hydroxyl groups excluding tert-OH is 2. The molecule has 0 spiro atoms. The van der Waals surface area contributed by atoms with Crippen LogP contribution in [-0.2, 0) is 6.54 Å². The van der Waals surface area contributed by atoms with Gasteiger partial charge in [0, 0.05) is 6.54 Å². The van der Waals surface area contributed by atoms with Crippen LogP contribution in [0.4, 0.5) is 5.69 Å². The minimum absolute atomic E-state index is 0.0151. The Balaban J connectivity index is 2.07. The van der Waals surface area contributed by atoms with E-state index < -0.39 is 11.7 Å². The summed E-state index contributed by atoms with van der Waals surface area (Å²) in [6.45, 7) is 0.100. The predicted molar refractivity (Wildman–Crippen MR) is 80.5 cm³/mol. The number of benzene rings is 1. The van der Waals surface area contributed by atoms with Gasteiger partial charge < -0.3 is 15.5 Å². The second kappa shape index (κ2) is 7.21. The summed E-state index contributed by atoms with van der Waals surface area (Å²) in [5, 5.41) is 25.6. The van der Waals surface area contributed by atoms with Crippen molar-refractivity contribution in [3.05, 3.63) is 57.5 Å². The zero-order valence-corrected chi connectivity index (χ0v) is 12.0. The maximum Gasteiger partial charge on any atom is 0.287 e. The molecule has 0 fully saturated rings. The molecule has 6 nitrogen and oxygen atoms in total. The molecule has 1 heterocycles. The van der Waals surface area contributed by atoms with E-state index in [0.29, 0.717) is 5.69 Å². The summed E-state index contributed by atoms with van der Waals surface area (Å²) >= 11 is 5.96. The van der Waals surface area contributed by atoms with Gasteiger partial charge in [-0.3, -0.25) is 4.79 Å². The van der Waals surface area contributed by atoms with E-state index in [0.717, 1.165) is 10.2 Å². The lowest BCUT2D eigenvalue weighted by Gasteiger charge is -2.14. The average molecular weight is 310 g/mol. The fraction of sp³-hybridized carbons (Fsp3) is 0.286. The summed E-state index contributed by atoms with van der Waals surface area (Å²) in [5.41, 5.74) is 0.637. The predicted octanol–water partition coefficient (Wildman–Crippen LogP) is 1.03. The van der Waals surface area contributed by atoms with Gasteiger partial charge in [0.2, 0.25) is 0 Å². The first-order chi connectivity index (χ1) is 10.1. The quantitative estimate of drug-likeness (QED) is 0.742. The van der Waals surface area contributed by atoms with Crippen LogP contribution < -0.4 is 10.9 Å². The lowest BCUT2D eigenvalue weighted by atomic mass is 10.1. The monoisotopic (exact) mass is 309 g/mol. The molecule has 0 aliphatic heterocycles. The van der Waals surface area contributed by atoms with Crippen LogP contribution in [0.5, 0.6) is 0 Å². The van der Waals surface area contributed by atoms with E-state index in [1.807, 2.05) is 30.3 Å². The normalized spacial score (nSPS) is 12.1. The molecule has 0 bridgehead atoms. The third-order valence-corrected chi connectivity index (χ3v) is 3.33. The first-order valence-electron chi connectivity index (χ1n) is 6.47. The van der Waals surface area contributed by atoms with Crippen LogP contribution in [-0.4, -0.2) is 33.1 Å². The lowest BCUT2D eigenvalue weighted by molar-refractivity contribution is 0.191. The van der Waals surface area contributed by atoms with Crippen molar-refractivity contribution >= 4 is 17.3 Å². The Hall–Kier alpha value is -1.89. The van der Waals surface area contributed by atoms with Crippen molar-refractivity contribution in [1.29, 1.82) is 0 Å². The third kappa shape index (κ3) is 3.81. The first-order valence-corrected chi connectivity index (χ1v) is 6.84. The van der Waals surface area contributed by atoms with Crippen molar-refractivity contribution in [2.45, 2.75) is 12.6 Å². The Morgan fingerprint density at radius 3 is 2.71 bits per heavy atom. The Morgan fingerprint density at radius 1 is 1.33 bits per heavy atom. The second-order valence-electron chi connectivity index (χ2n) is 4.43. The van der Waals surface area contributed by atoms with Crippen LogP contribution in [0.3, 0.4) is 0 Å². The van der Waals surface area contributed by atoms with Crippen LogP contribution in [0.15, 0.2) is 41.3 Å². The smallest absolute Gasteiger partial charge is 0.287 e. The molecule has 0 aliphatic carbocycles. The van der Waals surface area contributed by atoms with Crippen molar-refractivity contribution in [3.8, 4) is 0 Å². The van der Waals surface area contributed by atoms with Gasteiger partial charge in [0.25, 0.3) is 5.56 Å². The van der Waals surface area contributed by atoms with Gasteiger partial charge in [0.1, 0.15) is 5.02 Å². The fourth-order valence-corrected chi connectivity index (χ4v) is 2.06. The number of aliphatic hydroxyl groups is 2. The molecule has 1 atom stereocenters. The summed E-state index contributed by atoms with van der Waals surface area (Å²) < 4.78 is 1.08. The molecule has 7 heteroatoms. The number of aromatic nitrogens is 2. The minimum Gasteiger partial charge on any atom is -0.394 e. The number of halogens is 1. The number of rotatable bonds is 6. The molecule has 0 aliphatic rings. The van der Waals surface area contributed by atoms with Crippen molar-refractivity contribution in [2.75, 3.05) is 18.5 Å². The molecule has 1 aromatic heterocycles. The van der Waals surface area contributed by atoms with Crippen LogP contribution in [0, 0.1) is 0 Å². The highest BCUT2D eigenvalue weighted by Gasteiger charge is 2.11. The molecular formula is C14H16ClN3O3. The van der Waals surface area contributed by atoms with Gasteiger partial charge in [-0.1, -0.05) is 41.9 Å². The van der Waals surface area contributed by atoms with E-state index in [1.54, 1.807) is 0 Å². The zero-order valence-electron chi connectivity index (χ0n) is 11.2. The molecule has 0 radical (unpaired) electrons. The number of hydrogen-bond acceptors (Lipinski definition) is 5. The Morgan fingerprint density at radius 2 is 2.05 bits per heavy atom. The van der Waals surface area contributed by atoms with E-state index in [-0.39, 0.29) is 24.7 Å². The topological polar surface area (TPSA) is 87.4 Å². The van der Waals surface area contributed by atoms with Crippen LogP contribution in [0.1, 0.15) is 11.7 Å². The fourth-order valence-electron chi connectivity index (χ4n) is 1.84. The summed E-state index contributed by atoms with van der Waals surface area (Å²) in [6.07, 6.45) is 0.680. The largest absolute Gasteiger partial charge is 0.394 e. The summed E-state index contributed by atoms with van der Waals surface area (Å²) in [6, 6.07) is 9.16. The molecule has 3 N–H and O–H groups in total. The third-order valence-electron chi connectivity index (χ3n) is 2.97. The van der Waals surface area contributed by atoms with Gasteiger partial charge in [-0.25, -0.2) is 4.68 Å². The van der Waals surface area contributed by atoms with E-state index in [1.165, 1.54) is 6.20 Å². The number of nitrogens with one attached hydrogen (secondary N) is 1. The molecule has 1 unspecified atom stereocenters. The standard InChI is InChI=1S/C14H16ClN3O3/c15-13-11(8-17-18(6-7-19)14(13)21)16-9-12(20)10-4-2-1-3-5-10/h1-5,8,12,16,19-20H,6-7,9H2. The van der Waals surface area contributed by atoms with Gasteiger partial charge in [-0.15, -0.1) is 0 Å². The number of hydrogen-bond donors (Lipinski definition) is 3. The minimum atomic E-state index is -0.720. The molecule has 112 valence electrons. The molecule has 0 amide bonds. The van der Waals surface area contributed by atoms with E-state index in [9.17, 15) is 9.90 Å². The van der Waals surface area contributed by atoms with Crippen molar-refractivity contribution in [3.63, 3.8) is 0 Å². The van der Waals surface area contributed by atoms with E-state index >= 15 is 0 Å². The van der Waals surface area contributed by atoms with E-state index in [4.69, 9.17) is 16.7 Å². The maximum atomic E-state index is 11.8. The molecule has 0 saturated heterocycles. The highest BCUT2D eigenvalue weighted by atomic mass is 35.5. The van der Waals surface area contributed by atoms with Crippen LogP contribution in [0.2, 0.25) is 5.02 Å². The summed E-state index contributed by atoms with van der Waals surface area (Å²) in [7, 11) is 0. The van der Waals surface area contributed by atoms with Gasteiger partial charge in [-0.05, 0) is 5.56 Å². The Kier molecular flexibility index (Phi) is 5.32. The van der Waals surface area contributed by atoms with Gasteiger partial charge in [0.15, 0.2) is 0 Å². The molecular weight excluding hydrogens is 294 g/mol. The molecule has 2 rings (SSSR count). The summed E-state index contributed by atoms with van der Waals surface area (Å²) in [5.74, 6) is 0. The first kappa shape index (κ1) is 15.5. The highest BCUT2D eigenvalue weighted by Crippen LogP contribution is 2.18. The maximum absolute atomic E-state index is 11.8. The summed E-state index contributed by atoms with van der Waals surface area (Å²) in [4.78, 5) is 11.8. The van der Waals surface area contributed by atoms with Crippen molar-refractivity contribution < 1.29 is 10.2 Å². The van der Waals surface area contributed by atoms with Crippen molar-refractivity contribution in [1.82, 2.24) is 9.78 Å². The Bertz CT molecular complexity index is 646. The lowest BCUT2D eigenvalue weighted by Crippen LogP contribution is -2.26. The molecule has 0 saturated carbocycles. The zero-order chi connectivity index (χ0) is 15.2. The van der Waals surface area contributed by atoms with E-state index in [2.05, 4.69) is 10.4 Å².